The predicted molar refractivity (Wildman–Crippen MR) is 62.7 cm³/mol. The minimum atomic E-state index is 0.166. The molecule has 2 N–H and O–H groups in total. The van der Waals surface area contributed by atoms with E-state index in [1.807, 2.05) is 0 Å². The van der Waals surface area contributed by atoms with Gasteiger partial charge in [-0.3, -0.25) is 4.79 Å². The van der Waals surface area contributed by atoms with Crippen molar-refractivity contribution in [2.45, 2.75) is 46.1 Å². The lowest BCUT2D eigenvalue weighted by Gasteiger charge is -2.12. The van der Waals surface area contributed by atoms with Crippen molar-refractivity contribution in [3.05, 3.63) is 0 Å². The van der Waals surface area contributed by atoms with Crippen LogP contribution in [-0.2, 0) is 4.79 Å². The quantitative estimate of drug-likeness (QED) is 0.672. The van der Waals surface area contributed by atoms with Gasteiger partial charge in [0.1, 0.15) is 0 Å². The summed E-state index contributed by atoms with van der Waals surface area (Å²) >= 11 is 0. The molecule has 1 rings (SSSR count). The van der Waals surface area contributed by atoms with Crippen molar-refractivity contribution in [1.29, 1.82) is 0 Å². The van der Waals surface area contributed by atoms with Crippen LogP contribution in [0, 0.1) is 11.8 Å². The molecule has 1 aliphatic rings. The van der Waals surface area contributed by atoms with Gasteiger partial charge < -0.3 is 10.6 Å². The van der Waals surface area contributed by atoms with E-state index in [4.69, 9.17) is 0 Å². The lowest BCUT2D eigenvalue weighted by Crippen LogP contribution is -2.34. The molecule has 1 fully saturated rings. The molecule has 0 aromatic rings. The summed E-state index contributed by atoms with van der Waals surface area (Å²) in [5, 5.41) is 6.32. The molecule has 0 bridgehead atoms. The molecular formula is C12H24N2O. The maximum absolute atomic E-state index is 11.4. The molecule has 1 saturated carbocycles. The van der Waals surface area contributed by atoms with E-state index in [1.165, 1.54) is 12.8 Å². The summed E-state index contributed by atoms with van der Waals surface area (Å²) in [6.45, 7) is 8.02. The lowest BCUT2D eigenvalue weighted by molar-refractivity contribution is -0.121. The Labute approximate surface area is 93.0 Å². The van der Waals surface area contributed by atoms with E-state index in [0.29, 0.717) is 18.4 Å². The third-order valence-electron chi connectivity index (χ3n) is 2.85. The molecule has 15 heavy (non-hydrogen) atoms. The number of hydrogen-bond donors (Lipinski definition) is 2. The van der Waals surface area contributed by atoms with Crippen molar-refractivity contribution < 1.29 is 4.79 Å². The van der Waals surface area contributed by atoms with Crippen molar-refractivity contribution in [1.82, 2.24) is 10.6 Å². The Morgan fingerprint density at radius 3 is 2.53 bits per heavy atom. The highest BCUT2D eigenvalue weighted by Crippen LogP contribution is 2.32. The Morgan fingerprint density at radius 2 is 2.00 bits per heavy atom. The van der Waals surface area contributed by atoms with Gasteiger partial charge in [0.15, 0.2) is 0 Å². The van der Waals surface area contributed by atoms with Gasteiger partial charge in [0.2, 0.25) is 5.91 Å². The topological polar surface area (TPSA) is 41.1 Å². The first-order chi connectivity index (χ1) is 7.09. The van der Waals surface area contributed by atoms with Crippen LogP contribution in [0.1, 0.15) is 40.0 Å². The van der Waals surface area contributed by atoms with Crippen LogP contribution in [0.4, 0.5) is 0 Å². The smallest absolute Gasteiger partial charge is 0.221 e. The molecule has 0 saturated heterocycles. The van der Waals surface area contributed by atoms with Crippen LogP contribution in [0.3, 0.4) is 0 Å². The second-order valence-corrected chi connectivity index (χ2v) is 5.03. The highest BCUT2D eigenvalue weighted by Gasteiger charge is 2.27. The molecule has 0 aromatic heterocycles. The SMILES string of the molecule is CC(C)CNC(=O)CCNC(C)C1CC1. The van der Waals surface area contributed by atoms with E-state index in [1.54, 1.807) is 0 Å². The second kappa shape index (κ2) is 6.11. The van der Waals surface area contributed by atoms with E-state index in [9.17, 15) is 4.79 Å². The number of nitrogens with one attached hydrogen (secondary N) is 2. The van der Waals surface area contributed by atoms with Gasteiger partial charge in [-0.25, -0.2) is 0 Å². The Balaban J connectivity index is 1.96. The molecule has 0 aliphatic heterocycles. The van der Waals surface area contributed by atoms with Crippen LogP contribution in [0.25, 0.3) is 0 Å². The largest absolute Gasteiger partial charge is 0.356 e. The van der Waals surface area contributed by atoms with E-state index in [0.717, 1.165) is 19.0 Å². The number of rotatable bonds is 7. The van der Waals surface area contributed by atoms with Gasteiger partial charge in [-0.1, -0.05) is 13.8 Å². The molecule has 88 valence electrons. The second-order valence-electron chi connectivity index (χ2n) is 5.03. The maximum atomic E-state index is 11.4. The van der Waals surface area contributed by atoms with Gasteiger partial charge in [-0.05, 0) is 31.6 Å². The van der Waals surface area contributed by atoms with Crippen LogP contribution < -0.4 is 10.6 Å². The minimum Gasteiger partial charge on any atom is -0.356 e. The zero-order valence-electron chi connectivity index (χ0n) is 10.2. The molecule has 3 nitrogen and oxygen atoms in total. The Kier molecular flexibility index (Phi) is 5.09. The van der Waals surface area contributed by atoms with Crippen LogP contribution in [-0.4, -0.2) is 25.0 Å². The average molecular weight is 212 g/mol. The molecule has 1 amide bonds. The Morgan fingerprint density at radius 1 is 1.33 bits per heavy atom. The first-order valence-corrected chi connectivity index (χ1v) is 6.09. The number of hydrogen-bond acceptors (Lipinski definition) is 2. The number of carbonyl (C=O) groups is 1. The number of carbonyl (C=O) groups excluding carboxylic acids is 1. The number of amides is 1. The molecule has 0 heterocycles. The Bertz CT molecular complexity index is 200. The molecule has 3 heteroatoms. The molecule has 1 unspecified atom stereocenters. The fraction of sp³-hybridized carbons (Fsp3) is 0.917. The summed E-state index contributed by atoms with van der Waals surface area (Å²) in [6.07, 6.45) is 3.31. The van der Waals surface area contributed by atoms with Crippen molar-refractivity contribution in [2.75, 3.05) is 13.1 Å². The van der Waals surface area contributed by atoms with Crippen molar-refractivity contribution in [2.24, 2.45) is 11.8 Å². The van der Waals surface area contributed by atoms with E-state index < -0.39 is 0 Å². The van der Waals surface area contributed by atoms with Crippen molar-refractivity contribution in [3.8, 4) is 0 Å². The fourth-order valence-electron chi connectivity index (χ4n) is 1.58. The van der Waals surface area contributed by atoms with Gasteiger partial charge >= 0.3 is 0 Å². The standard InChI is InChI=1S/C12H24N2O/c1-9(2)8-14-12(15)6-7-13-10(3)11-4-5-11/h9-11,13H,4-8H2,1-3H3,(H,14,15). The van der Waals surface area contributed by atoms with E-state index >= 15 is 0 Å². The summed E-state index contributed by atoms with van der Waals surface area (Å²) in [5.41, 5.74) is 0. The first kappa shape index (κ1) is 12.5. The van der Waals surface area contributed by atoms with Crippen molar-refractivity contribution >= 4 is 5.91 Å². The third-order valence-corrected chi connectivity index (χ3v) is 2.85. The molecule has 1 aliphatic carbocycles. The normalized spacial score (nSPS) is 17.9. The lowest BCUT2D eigenvalue weighted by atomic mass is 10.2. The van der Waals surface area contributed by atoms with Gasteiger partial charge in [-0.15, -0.1) is 0 Å². The maximum Gasteiger partial charge on any atom is 0.221 e. The summed E-state index contributed by atoms with van der Waals surface area (Å²) in [5.74, 6) is 1.57. The monoisotopic (exact) mass is 212 g/mol. The van der Waals surface area contributed by atoms with Gasteiger partial charge in [0.05, 0.1) is 0 Å². The fourth-order valence-corrected chi connectivity index (χ4v) is 1.58. The average Bonchev–Trinajstić information content (AvgIpc) is 2.97. The summed E-state index contributed by atoms with van der Waals surface area (Å²) in [6, 6.07) is 0.586. The first-order valence-electron chi connectivity index (χ1n) is 6.09. The predicted octanol–water partition coefficient (Wildman–Crippen LogP) is 1.54. The third kappa shape index (κ3) is 5.78. The van der Waals surface area contributed by atoms with Gasteiger partial charge in [0, 0.05) is 25.6 Å². The van der Waals surface area contributed by atoms with Crippen LogP contribution >= 0.6 is 0 Å². The van der Waals surface area contributed by atoms with Crippen LogP contribution in [0.5, 0.6) is 0 Å². The minimum absolute atomic E-state index is 0.166. The molecule has 0 radical (unpaired) electrons. The summed E-state index contributed by atoms with van der Waals surface area (Å²) in [7, 11) is 0. The summed E-state index contributed by atoms with van der Waals surface area (Å²) in [4.78, 5) is 11.4. The van der Waals surface area contributed by atoms with Gasteiger partial charge in [-0.2, -0.15) is 0 Å². The molecule has 1 atom stereocenters. The highest BCUT2D eigenvalue weighted by molar-refractivity contribution is 5.76. The molecule has 0 aromatic carbocycles. The zero-order valence-corrected chi connectivity index (χ0v) is 10.2. The van der Waals surface area contributed by atoms with Crippen LogP contribution in [0.15, 0.2) is 0 Å². The van der Waals surface area contributed by atoms with Gasteiger partial charge in [0.25, 0.3) is 0 Å². The van der Waals surface area contributed by atoms with Crippen molar-refractivity contribution in [3.63, 3.8) is 0 Å². The molecular weight excluding hydrogens is 188 g/mol. The van der Waals surface area contributed by atoms with Crippen LogP contribution in [0.2, 0.25) is 0 Å². The highest BCUT2D eigenvalue weighted by atomic mass is 16.1. The zero-order chi connectivity index (χ0) is 11.3. The summed E-state index contributed by atoms with van der Waals surface area (Å²) < 4.78 is 0. The van der Waals surface area contributed by atoms with E-state index in [2.05, 4.69) is 31.4 Å². The molecule has 0 spiro atoms. The Hall–Kier alpha value is -0.570. The van der Waals surface area contributed by atoms with E-state index in [-0.39, 0.29) is 5.91 Å².